The number of hydrogen-bond acceptors (Lipinski definition) is 3. The second-order valence-corrected chi connectivity index (χ2v) is 4.85. The third-order valence-electron chi connectivity index (χ3n) is 2.12. The first-order valence-electron chi connectivity index (χ1n) is 4.34. The molecule has 3 nitrogen and oxygen atoms in total. The van der Waals surface area contributed by atoms with E-state index in [0.29, 0.717) is 4.34 Å². The quantitative estimate of drug-likeness (QED) is 0.806. The van der Waals surface area contributed by atoms with Crippen molar-refractivity contribution >= 4 is 22.9 Å². The number of nitrogens with zero attached hydrogens (tertiary/aromatic N) is 3. The fourth-order valence-electron chi connectivity index (χ4n) is 1.39. The second-order valence-electron chi connectivity index (χ2n) is 3.10. The Hall–Kier alpha value is -1.31. The summed E-state index contributed by atoms with van der Waals surface area (Å²) in [4.78, 5) is 5.10. The van der Waals surface area contributed by atoms with Crippen LogP contribution in [0.1, 0.15) is 16.6 Å². The number of rotatable bonds is 2. The van der Waals surface area contributed by atoms with Gasteiger partial charge in [-0.3, -0.25) is 0 Å². The Morgan fingerprint density at radius 1 is 1.60 bits per heavy atom. The van der Waals surface area contributed by atoms with Gasteiger partial charge in [0.2, 0.25) is 0 Å². The molecular formula is C10H8ClN3S. The predicted molar refractivity (Wildman–Crippen MR) is 60.0 cm³/mol. The normalized spacial score (nSPS) is 12.3. The van der Waals surface area contributed by atoms with Crippen LogP contribution in [0.2, 0.25) is 4.34 Å². The number of aryl methyl sites for hydroxylation is 1. The van der Waals surface area contributed by atoms with Crippen LogP contribution in [-0.2, 0) is 7.05 Å². The van der Waals surface area contributed by atoms with Gasteiger partial charge < -0.3 is 4.57 Å². The van der Waals surface area contributed by atoms with Crippen molar-refractivity contribution in [3.05, 3.63) is 39.6 Å². The fraction of sp³-hybridized carbons (Fsp3) is 0.200. The summed E-state index contributed by atoms with van der Waals surface area (Å²) in [5.74, 6) is 0.415. The highest BCUT2D eigenvalue weighted by Gasteiger charge is 2.19. The highest BCUT2D eigenvalue weighted by Crippen LogP contribution is 2.31. The van der Waals surface area contributed by atoms with Gasteiger partial charge in [0.25, 0.3) is 0 Å². The highest BCUT2D eigenvalue weighted by atomic mass is 35.5. The minimum absolute atomic E-state index is 0.331. The third-order valence-corrected chi connectivity index (χ3v) is 3.42. The van der Waals surface area contributed by atoms with E-state index < -0.39 is 0 Å². The predicted octanol–water partition coefficient (Wildman–Crippen LogP) is 2.79. The molecule has 0 N–H and O–H groups in total. The summed E-state index contributed by atoms with van der Waals surface area (Å²) in [6, 6.07) is 5.91. The highest BCUT2D eigenvalue weighted by molar-refractivity contribution is 7.16. The lowest BCUT2D eigenvalue weighted by Gasteiger charge is -2.06. The maximum Gasteiger partial charge on any atom is 0.138 e. The molecule has 0 radical (unpaired) electrons. The maximum absolute atomic E-state index is 9.15. The van der Waals surface area contributed by atoms with Gasteiger partial charge in [0.15, 0.2) is 0 Å². The second kappa shape index (κ2) is 4.05. The molecular weight excluding hydrogens is 230 g/mol. The van der Waals surface area contributed by atoms with Crippen LogP contribution in [0.15, 0.2) is 24.5 Å². The molecule has 76 valence electrons. The number of hydrogen-bond donors (Lipinski definition) is 0. The third kappa shape index (κ3) is 1.89. The van der Waals surface area contributed by atoms with Crippen molar-refractivity contribution < 1.29 is 0 Å². The molecule has 5 heteroatoms. The molecule has 15 heavy (non-hydrogen) atoms. The van der Waals surface area contributed by atoms with E-state index in [1.807, 2.05) is 23.9 Å². The maximum atomic E-state index is 9.15. The van der Waals surface area contributed by atoms with Crippen LogP contribution in [-0.4, -0.2) is 9.55 Å². The van der Waals surface area contributed by atoms with Crippen LogP contribution in [0.4, 0.5) is 0 Å². The molecule has 2 aromatic rings. The Morgan fingerprint density at radius 3 is 2.87 bits per heavy atom. The first-order chi connectivity index (χ1) is 7.22. The summed E-state index contributed by atoms with van der Waals surface area (Å²) >= 11 is 7.26. The Bertz CT molecular complexity index is 509. The molecule has 0 aliphatic heterocycles. The van der Waals surface area contributed by atoms with E-state index in [4.69, 9.17) is 16.9 Å². The molecule has 0 aliphatic rings. The molecule has 0 aromatic carbocycles. The van der Waals surface area contributed by atoms with Crippen molar-refractivity contribution in [2.24, 2.45) is 7.05 Å². The van der Waals surface area contributed by atoms with Crippen LogP contribution >= 0.6 is 22.9 Å². The van der Waals surface area contributed by atoms with Crippen LogP contribution in [0, 0.1) is 11.3 Å². The molecule has 1 unspecified atom stereocenters. The van der Waals surface area contributed by atoms with Gasteiger partial charge in [-0.15, -0.1) is 11.3 Å². The minimum Gasteiger partial charge on any atom is -0.337 e. The van der Waals surface area contributed by atoms with Gasteiger partial charge in [-0.2, -0.15) is 5.26 Å². The van der Waals surface area contributed by atoms with E-state index in [0.717, 1.165) is 10.7 Å². The zero-order chi connectivity index (χ0) is 10.8. The van der Waals surface area contributed by atoms with Gasteiger partial charge in [-0.05, 0) is 12.1 Å². The Kier molecular flexibility index (Phi) is 2.76. The summed E-state index contributed by atoms with van der Waals surface area (Å²) in [5, 5.41) is 9.15. The van der Waals surface area contributed by atoms with E-state index in [9.17, 15) is 0 Å². The first kappa shape index (κ1) is 10.2. The van der Waals surface area contributed by atoms with Crippen molar-refractivity contribution in [1.82, 2.24) is 9.55 Å². The van der Waals surface area contributed by atoms with E-state index in [2.05, 4.69) is 11.1 Å². The van der Waals surface area contributed by atoms with E-state index in [1.54, 1.807) is 12.3 Å². The first-order valence-corrected chi connectivity index (χ1v) is 5.54. The van der Waals surface area contributed by atoms with Crippen molar-refractivity contribution in [3.8, 4) is 6.07 Å². The summed E-state index contributed by atoms with van der Waals surface area (Å²) in [7, 11) is 1.88. The fourth-order valence-corrected chi connectivity index (χ4v) is 2.49. The van der Waals surface area contributed by atoms with Crippen LogP contribution in [0.5, 0.6) is 0 Å². The molecule has 2 aromatic heterocycles. The van der Waals surface area contributed by atoms with Crippen molar-refractivity contribution in [3.63, 3.8) is 0 Å². The van der Waals surface area contributed by atoms with Crippen molar-refractivity contribution in [2.45, 2.75) is 5.92 Å². The molecule has 2 heterocycles. The largest absolute Gasteiger partial charge is 0.337 e. The van der Waals surface area contributed by atoms with E-state index in [1.165, 1.54) is 11.3 Å². The van der Waals surface area contributed by atoms with Crippen LogP contribution in [0.25, 0.3) is 0 Å². The monoisotopic (exact) mass is 237 g/mol. The lowest BCUT2D eigenvalue weighted by molar-refractivity contribution is 0.790. The molecule has 0 fully saturated rings. The summed E-state index contributed by atoms with van der Waals surface area (Å²) in [6.07, 6.45) is 3.52. The van der Waals surface area contributed by atoms with Gasteiger partial charge in [-0.25, -0.2) is 4.98 Å². The zero-order valence-corrected chi connectivity index (χ0v) is 9.59. The topological polar surface area (TPSA) is 41.6 Å². The molecule has 0 aliphatic carbocycles. The average Bonchev–Trinajstić information content (AvgIpc) is 2.79. The van der Waals surface area contributed by atoms with Gasteiger partial charge in [-0.1, -0.05) is 11.6 Å². The number of imidazole rings is 1. The van der Waals surface area contributed by atoms with Gasteiger partial charge in [0.1, 0.15) is 11.7 Å². The lowest BCUT2D eigenvalue weighted by Crippen LogP contribution is -2.04. The number of aromatic nitrogens is 2. The van der Waals surface area contributed by atoms with Crippen LogP contribution < -0.4 is 0 Å². The number of nitriles is 1. The average molecular weight is 238 g/mol. The summed E-state index contributed by atoms with van der Waals surface area (Å²) in [5.41, 5.74) is 0. The smallest absolute Gasteiger partial charge is 0.138 e. The Morgan fingerprint density at radius 2 is 2.40 bits per heavy atom. The Labute approximate surface area is 96.6 Å². The van der Waals surface area contributed by atoms with E-state index in [-0.39, 0.29) is 5.92 Å². The van der Waals surface area contributed by atoms with E-state index >= 15 is 0 Å². The Balaban J connectivity index is 2.42. The van der Waals surface area contributed by atoms with Gasteiger partial charge >= 0.3 is 0 Å². The molecule has 0 saturated carbocycles. The summed E-state index contributed by atoms with van der Waals surface area (Å²) in [6.45, 7) is 0. The van der Waals surface area contributed by atoms with Gasteiger partial charge in [0.05, 0.1) is 10.4 Å². The SMILES string of the molecule is Cn1ccnc1C(C#N)c1ccc(Cl)s1. The summed E-state index contributed by atoms with van der Waals surface area (Å²) < 4.78 is 2.54. The molecule has 2 rings (SSSR count). The number of thiophene rings is 1. The molecule has 0 bridgehead atoms. The van der Waals surface area contributed by atoms with Crippen molar-refractivity contribution in [2.75, 3.05) is 0 Å². The molecule has 0 amide bonds. The molecule has 0 saturated heterocycles. The lowest BCUT2D eigenvalue weighted by atomic mass is 10.1. The van der Waals surface area contributed by atoms with Crippen molar-refractivity contribution in [1.29, 1.82) is 5.26 Å². The standard InChI is InChI=1S/C10H8ClN3S/c1-14-5-4-13-10(14)7(6-12)8-2-3-9(11)15-8/h2-5,7H,1H3. The minimum atomic E-state index is -0.331. The molecule has 0 spiro atoms. The zero-order valence-electron chi connectivity index (χ0n) is 8.01. The number of halogens is 1. The van der Waals surface area contributed by atoms with Gasteiger partial charge in [0, 0.05) is 24.3 Å². The molecule has 1 atom stereocenters. The van der Waals surface area contributed by atoms with Crippen LogP contribution in [0.3, 0.4) is 0 Å².